The van der Waals surface area contributed by atoms with Crippen molar-refractivity contribution >= 4 is 28.9 Å². The predicted molar refractivity (Wildman–Crippen MR) is 132 cm³/mol. The molecule has 0 bridgehead atoms. The molecule has 3 aromatic rings. The Hall–Kier alpha value is -4.86. The van der Waals surface area contributed by atoms with Crippen molar-refractivity contribution in [1.82, 2.24) is 0 Å². The molecule has 1 atom stereocenters. The number of anilines is 2. The number of hydrogen-bond donors (Lipinski definition) is 2. The molecule has 0 radical (unpaired) electrons. The lowest BCUT2D eigenvalue weighted by Crippen LogP contribution is -2.31. The third kappa shape index (κ3) is 4.83. The largest absolute Gasteiger partial charge is 0.497 e. The second-order valence-electron chi connectivity index (χ2n) is 7.95. The Bertz CT molecular complexity index is 1330. The minimum absolute atomic E-state index is 0.0925. The number of nitrogens with zero attached hydrogens (tertiary/aromatic N) is 2. The molecule has 0 spiro atoms. The van der Waals surface area contributed by atoms with Crippen molar-refractivity contribution in [1.29, 1.82) is 0 Å². The predicted octanol–water partition coefficient (Wildman–Crippen LogP) is 4.54. The normalized spacial score (nSPS) is 15.1. The van der Waals surface area contributed by atoms with Crippen LogP contribution in [0.3, 0.4) is 0 Å². The second kappa shape index (κ2) is 10.2. The molecule has 4 rings (SSSR count). The number of nitrogens with one attached hydrogen (secondary N) is 1. The number of nitro groups is 1. The molecule has 2 N–H and O–H groups in total. The summed E-state index contributed by atoms with van der Waals surface area (Å²) in [5, 5.41) is 24.2. The molecule has 184 valence electrons. The van der Waals surface area contributed by atoms with Gasteiger partial charge in [-0.1, -0.05) is 12.1 Å². The van der Waals surface area contributed by atoms with Crippen molar-refractivity contribution in [3.8, 4) is 11.5 Å². The van der Waals surface area contributed by atoms with Crippen molar-refractivity contribution in [2.45, 2.75) is 12.5 Å². The van der Waals surface area contributed by atoms with Crippen molar-refractivity contribution in [2.75, 3.05) is 24.4 Å². The maximum atomic E-state index is 13.8. The van der Waals surface area contributed by atoms with Crippen LogP contribution in [0.15, 0.2) is 84.1 Å². The molecule has 1 aliphatic heterocycles. The second-order valence-corrected chi connectivity index (χ2v) is 7.95. The van der Waals surface area contributed by atoms with E-state index in [2.05, 4.69) is 5.32 Å². The number of carbonyl (C=O) groups is 2. The van der Waals surface area contributed by atoms with Crippen LogP contribution in [-0.2, 0) is 9.59 Å². The maximum Gasteiger partial charge on any atom is 0.307 e. The zero-order valence-corrected chi connectivity index (χ0v) is 19.5. The van der Waals surface area contributed by atoms with Crippen LogP contribution in [0, 0.1) is 10.1 Å². The van der Waals surface area contributed by atoms with E-state index in [0.717, 1.165) is 0 Å². The number of hydrogen-bond acceptors (Lipinski definition) is 7. The molecule has 0 saturated heterocycles. The van der Waals surface area contributed by atoms with E-state index in [1.54, 1.807) is 54.6 Å². The Kier molecular flexibility index (Phi) is 6.86. The van der Waals surface area contributed by atoms with Gasteiger partial charge in [-0.25, -0.2) is 0 Å². The average Bonchev–Trinajstić information content (AvgIpc) is 3.15. The summed E-state index contributed by atoms with van der Waals surface area (Å²) in [5.41, 5.74) is 1.65. The van der Waals surface area contributed by atoms with Crippen LogP contribution in [0.5, 0.6) is 11.5 Å². The van der Waals surface area contributed by atoms with Crippen LogP contribution in [0.25, 0.3) is 0 Å². The molecule has 1 aliphatic rings. The molecule has 1 heterocycles. The highest BCUT2D eigenvalue weighted by Crippen LogP contribution is 2.43. The SMILES string of the molecule is COc1ccc(NC2=C(CC(=O)O)[C@@H](c3cccc([N+](=O)[O-])c3)N(c3ccc(OC)cc3)C2=O)cc1. The first kappa shape index (κ1) is 24.3. The molecule has 0 fully saturated rings. The van der Waals surface area contributed by atoms with Crippen LogP contribution in [-0.4, -0.2) is 36.1 Å². The molecular formula is C26H23N3O7. The fraction of sp³-hybridized carbons (Fsp3) is 0.154. The lowest BCUT2D eigenvalue weighted by atomic mass is 9.95. The van der Waals surface area contributed by atoms with Crippen LogP contribution in [0.1, 0.15) is 18.0 Å². The molecular weight excluding hydrogens is 466 g/mol. The average molecular weight is 489 g/mol. The number of amides is 1. The third-order valence-corrected chi connectivity index (χ3v) is 5.79. The Morgan fingerprint density at radius 3 is 2.19 bits per heavy atom. The molecule has 1 amide bonds. The smallest absolute Gasteiger partial charge is 0.307 e. The Morgan fingerprint density at radius 2 is 1.64 bits per heavy atom. The number of rotatable bonds is 9. The Balaban J connectivity index is 1.87. The number of carbonyl (C=O) groups excluding carboxylic acids is 1. The van der Waals surface area contributed by atoms with E-state index in [9.17, 15) is 24.8 Å². The highest BCUT2D eigenvalue weighted by atomic mass is 16.6. The quantitative estimate of drug-likeness (QED) is 0.331. The lowest BCUT2D eigenvalue weighted by Gasteiger charge is -2.27. The molecule has 0 aliphatic carbocycles. The molecule has 36 heavy (non-hydrogen) atoms. The van der Waals surface area contributed by atoms with Crippen molar-refractivity contribution in [2.24, 2.45) is 0 Å². The van der Waals surface area contributed by atoms with Crippen molar-refractivity contribution in [3.05, 3.63) is 99.7 Å². The van der Waals surface area contributed by atoms with Gasteiger partial charge in [0.1, 0.15) is 17.2 Å². The zero-order chi connectivity index (χ0) is 25.8. The number of nitro benzene ring substituents is 1. The van der Waals surface area contributed by atoms with E-state index in [0.29, 0.717) is 28.4 Å². The minimum Gasteiger partial charge on any atom is -0.497 e. The standard InChI is InChI=1S/C26H23N3O7/c1-35-20-10-6-17(7-11-20)27-24-22(15-23(30)31)25(16-4-3-5-19(14-16)29(33)34)28(26(24)32)18-8-12-21(36-2)13-9-18/h3-14,25,27H,15H2,1-2H3,(H,30,31)/t25-/m1/s1. The first-order valence-electron chi connectivity index (χ1n) is 10.9. The monoisotopic (exact) mass is 489 g/mol. The van der Waals surface area contributed by atoms with Crippen molar-refractivity contribution < 1.29 is 29.1 Å². The number of methoxy groups -OCH3 is 2. The van der Waals surface area contributed by atoms with Gasteiger partial charge in [0.2, 0.25) is 0 Å². The fourth-order valence-electron chi connectivity index (χ4n) is 4.14. The van der Waals surface area contributed by atoms with Gasteiger partial charge >= 0.3 is 5.97 Å². The minimum atomic E-state index is -1.14. The summed E-state index contributed by atoms with van der Waals surface area (Å²) in [6.07, 6.45) is -0.454. The zero-order valence-electron chi connectivity index (χ0n) is 19.5. The van der Waals surface area contributed by atoms with E-state index in [1.807, 2.05) is 0 Å². The van der Waals surface area contributed by atoms with Crippen molar-refractivity contribution in [3.63, 3.8) is 0 Å². The third-order valence-electron chi connectivity index (χ3n) is 5.79. The van der Waals surface area contributed by atoms with E-state index in [1.165, 1.54) is 37.3 Å². The number of carboxylic acids is 1. The van der Waals surface area contributed by atoms with Gasteiger partial charge in [-0.05, 0) is 59.7 Å². The number of carboxylic acid groups (broad SMARTS) is 1. The van der Waals surface area contributed by atoms with Crippen LogP contribution < -0.4 is 19.7 Å². The first-order chi connectivity index (χ1) is 17.3. The highest BCUT2D eigenvalue weighted by molar-refractivity contribution is 6.12. The number of aliphatic carboxylic acids is 1. The van der Waals surface area contributed by atoms with Gasteiger partial charge in [-0.2, -0.15) is 0 Å². The molecule has 0 saturated carbocycles. The summed E-state index contributed by atoms with van der Waals surface area (Å²) in [5.74, 6) is -0.414. The summed E-state index contributed by atoms with van der Waals surface area (Å²) in [6, 6.07) is 18.5. The van der Waals surface area contributed by atoms with Gasteiger partial charge in [0.05, 0.1) is 31.6 Å². The summed E-state index contributed by atoms with van der Waals surface area (Å²) in [4.78, 5) is 38.0. The fourth-order valence-corrected chi connectivity index (χ4v) is 4.14. The Labute approximate surface area is 206 Å². The summed E-state index contributed by atoms with van der Waals surface area (Å²) in [7, 11) is 3.05. The van der Waals surface area contributed by atoms with Gasteiger partial charge in [-0.3, -0.25) is 24.6 Å². The molecule has 0 aromatic heterocycles. The van der Waals surface area contributed by atoms with Crippen LogP contribution in [0.4, 0.5) is 17.1 Å². The molecule has 3 aromatic carbocycles. The van der Waals surface area contributed by atoms with E-state index in [-0.39, 0.29) is 17.0 Å². The topological polar surface area (TPSA) is 131 Å². The summed E-state index contributed by atoms with van der Waals surface area (Å²) < 4.78 is 10.4. The summed E-state index contributed by atoms with van der Waals surface area (Å²) in [6.45, 7) is 0. The van der Waals surface area contributed by atoms with Gasteiger partial charge in [-0.15, -0.1) is 0 Å². The van der Waals surface area contributed by atoms with E-state index < -0.39 is 29.3 Å². The highest BCUT2D eigenvalue weighted by Gasteiger charge is 2.42. The molecule has 10 heteroatoms. The summed E-state index contributed by atoms with van der Waals surface area (Å²) >= 11 is 0. The van der Waals surface area contributed by atoms with Crippen LogP contribution in [0.2, 0.25) is 0 Å². The van der Waals surface area contributed by atoms with Crippen LogP contribution >= 0.6 is 0 Å². The van der Waals surface area contributed by atoms with Gasteiger partial charge in [0, 0.05) is 23.5 Å². The molecule has 0 unspecified atom stereocenters. The number of non-ortho nitro benzene ring substituents is 1. The van der Waals surface area contributed by atoms with Gasteiger partial charge in [0.15, 0.2) is 0 Å². The van der Waals surface area contributed by atoms with E-state index in [4.69, 9.17) is 9.47 Å². The number of ether oxygens (including phenoxy) is 2. The van der Waals surface area contributed by atoms with Gasteiger partial charge in [0.25, 0.3) is 11.6 Å². The Morgan fingerprint density at radius 1 is 1.03 bits per heavy atom. The molecule has 10 nitrogen and oxygen atoms in total. The van der Waals surface area contributed by atoms with Gasteiger partial charge < -0.3 is 19.9 Å². The van der Waals surface area contributed by atoms with E-state index >= 15 is 0 Å². The first-order valence-corrected chi connectivity index (χ1v) is 10.9. The maximum absolute atomic E-state index is 13.8. The lowest BCUT2D eigenvalue weighted by molar-refractivity contribution is -0.384. The number of benzene rings is 3.